The summed E-state index contributed by atoms with van der Waals surface area (Å²) in [5.41, 5.74) is 0.493. The summed E-state index contributed by atoms with van der Waals surface area (Å²) in [6.45, 7) is -0.00391. The number of hydrogen-bond donors (Lipinski definition) is 0. The Kier molecular flexibility index (Phi) is 3.31. The molecule has 0 aliphatic carbocycles. The van der Waals surface area contributed by atoms with Crippen LogP contribution in [0.4, 0.5) is 4.39 Å². The summed E-state index contributed by atoms with van der Waals surface area (Å²) in [6.07, 6.45) is 3.50. The lowest BCUT2D eigenvalue weighted by Gasteiger charge is -2.06. The van der Waals surface area contributed by atoms with Crippen LogP contribution in [0.2, 0.25) is 0 Å². The van der Waals surface area contributed by atoms with Crippen LogP contribution >= 0.6 is 0 Å². The van der Waals surface area contributed by atoms with Gasteiger partial charge in [0, 0.05) is 5.56 Å². The Labute approximate surface area is 71.2 Å². The molecule has 1 aromatic rings. The molecule has 0 spiro atoms. The summed E-state index contributed by atoms with van der Waals surface area (Å²) >= 11 is 0. The number of alkyl halides is 1. The van der Waals surface area contributed by atoms with Gasteiger partial charge in [-0.05, 0) is 0 Å². The van der Waals surface area contributed by atoms with E-state index in [-0.39, 0.29) is 6.61 Å². The monoisotopic (exact) mass is 164 g/mol. The van der Waals surface area contributed by atoms with E-state index >= 15 is 0 Å². The van der Waals surface area contributed by atoms with E-state index < -0.39 is 6.36 Å². The standard InChI is InChI=1S/C10H9FO/c1-2-8-12-10(11)9-6-4-3-5-7-9/h1,3-7,10H,8H2. The second kappa shape index (κ2) is 4.53. The molecule has 0 saturated heterocycles. The van der Waals surface area contributed by atoms with Crippen molar-refractivity contribution in [2.75, 3.05) is 6.61 Å². The largest absolute Gasteiger partial charge is 0.331 e. The Morgan fingerprint density at radius 2 is 2.08 bits per heavy atom. The summed E-state index contributed by atoms with van der Waals surface area (Å²) < 4.78 is 17.7. The second-order valence-corrected chi connectivity index (χ2v) is 2.24. The minimum atomic E-state index is -1.41. The molecule has 0 bridgehead atoms. The number of rotatable bonds is 3. The SMILES string of the molecule is C#CCOC(F)c1ccccc1. The van der Waals surface area contributed by atoms with Crippen molar-refractivity contribution in [2.24, 2.45) is 0 Å². The predicted octanol–water partition coefficient (Wildman–Crippen LogP) is 2.30. The van der Waals surface area contributed by atoms with Crippen LogP contribution < -0.4 is 0 Å². The third-order valence-corrected chi connectivity index (χ3v) is 1.37. The number of terminal acetylenes is 1. The quantitative estimate of drug-likeness (QED) is 0.623. The van der Waals surface area contributed by atoms with Crippen LogP contribution in [0.3, 0.4) is 0 Å². The highest BCUT2D eigenvalue weighted by Crippen LogP contribution is 2.17. The number of benzene rings is 1. The molecule has 0 aromatic heterocycles. The molecule has 1 atom stereocenters. The van der Waals surface area contributed by atoms with E-state index in [1.165, 1.54) is 0 Å². The molecule has 0 aliphatic heterocycles. The zero-order valence-corrected chi connectivity index (χ0v) is 6.53. The average molecular weight is 164 g/mol. The lowest BCUT2D eigenvalue weighted by molar-refractivity contribution is -0.0241. The van der Waals surface area contributed by atoms with Gasteiger partial charge >= 0.3 is 0 Å². The maximum atomic E-state index is 13.0. The van der Waals surface area contributed by atoms with E-state index in [9.17, 15) is 4.39 Å². The van der Waals surface area contributed by atoms with Gasteiger partial charge in [0.1, 0.15) is 6.61 Å². The van der Waals surface area contributed by atoms with Gasteiger partial charge in [-0.15, -0.1) is 6.42 Å². The molecule has 1 unspecified atom stereocenters. The van der Waals surface area contributed by atoms with E-state index in [1.807, 2.05) is 6.07 Å². The molecule has 1 rings (SSSR count). The Morgan fingerprint density at radius 1 is 1.42 bits per heavy atom. The third-order valence-electron chi connectivity index (χ3n) is 1.37. The average Bonchev–Trinajstić information content (AvgIpc) is 2.15. The highest BCUT2D eigenvalue weighted by Gasteiger charge is 2.06. The van der Waals surface area contributed by atoms with Gasteiger partial charge in [0.15, 0.2) is 0 Å². The topological polar surface area (TPSA) is 9.23 Å². The first-order chi connectivity index (χ1) is 5.84. The van der Waals surface area contributed by atoms with Gasteiger partial charge in [0.05, 0.1) is 0 Å². The fourth-order valence-corrected chi connectivity index (χ4v) is 0.822. The first-order valence-corrected chi connectivity index (χ1v) is 3.58. The molecule has 0 heterocycles. The molecule has 1 nitrogen and oxygen atoms in total. The van der Waals surface area contributed by atoms with Crippen molar-refractivity contribution in [2.45, 2.75) is 6.36 Å². The molecule has 0 amide bonds. The number of ether oxygens (including phenoxy) is 1. The highest BCUT2D eigenvalue weighted by molar-refractivity contribution is 5.15. The zero-order chi connectivity index (χ0) is 8.81. The van der Waals surface area contributed by atoms with Crippen molar-refractivity contribution < 1.29 is 9.13 Å². The van der Waals surface area contributed by atoms with Crippen molar-refractivity contribution in [1.29, 1.82) is 0 Å². The van der Waals surface area contributed by atoms with Crippen molar-refractivity contribution in [3.8, 4) is 12.3 Å². The Morgan fingerprint density at radius 3 is 2.67 bits per heavy atom. The molecular formula is C10H9FO. The molecule has 0 N–H and O–H groups in total. The molecule has 0 saturated carbocycles. The summed E-state index contributed by atoms with van der Waals surface area (Å²) in [6, 6.07) is 8.63. The summed E-state index contributed by atoms with van der Waals surface area (Å²) in [5.74, 6) is 2.21. The van der Waals surface area contributed by atoms with Crippen molar-refractivity contribution in [3.05, 3.63) is 35.9 Å². The van der Waals surface area contributed by atoms with Crippen LogP contribution in [0.25, 0.3) is 0 Å². The second-order valence-electron chi connectivity index (χ2n) is 2.24. The Balaban J connectivity index is 2.55. The summed E-state index contributed by atoms with van der Waals surface area (Å²) in [4.78, 5) is 0. The molecule has 0 aliphatic rings. The van der Waals surface area contributed by atoms with Crippen LogP contribution in [0.15, 0.2) is 30.3 Å². The van der Waals surface area contributed by atoms with E-state index in [1.54, 1.807) is 24.3 Å². The Hall–Kier alpha value is -1.33. The minimum absolute atomic E-state index is 0.00391. The van der Waals surface area contributed by atoms with Crippen molar-refractivity contribution in [1.82, 2.24) is 0 Å². The smallest absolute Gasteiger partial charge is 0.225 e. The van der Waals surface area contributed by atoms with E-state index in [0.29, 0.717) is 5.56 Å². The summed E-state index contributed by atoms with van der Waals surface area (Å²) in [7, 11) is 0. The summed E-state index contributed by atoms with van der Waals surface area (Å²) in [5, 5.41) is 0. The first kappa shape index (κ1) is 8.76. The molecule has 0 fully saturated rings. The van der Waals surface area contributed by atoms with Gasteiger partial charge in [-0.3, -0.25) is 0 Å². The minimum Gasteiger partial charge on any atom is -0.331 e. The molecule has 0 radical (unpaired) electrons. The van der Waals surface area contributed by atoms with Gasteiger partial charge in [0.25, 0.3) is 0 Å². The fourth-order valence-electron chi connectivity index (χ4n) is 0.822. The van der Waals surface area contributed by atoms with Gasteiger partial charge in [0.2, 0.25) is 6.36 Å². The molecule has 12 heavy (non-hydrogen) atoms. The lowest BCUT2D eigenvalue weighted by Crippen LogP contribution is -1.97. The van der Waals surface area contributed by atoms with Gasteiger partial charge in [-0.1, -0.05) is 36.3 Å². The molecule has 1 aromatic carbocycles. The van der Waals surface area contributed by atoms with E-state index in [2.05, 4.69) is 10.7 Å². The molecular weight excluding hydrogens is 155 g/mol. The number of halogens is 1. The lowest BCUT2D eigenvalue weighted by atomic mass is 10.2. The Bertz CT molecular complexity index is 263. The molecule has 2 heteroatoms. The fraction of sp³-hybridized carbons (Fsp3) is 0.200. The van der Waals surface area contributed by atoms with Crippen LogP contribution in [0.5, 0.6) is 0 Å². The van der Waals surface area contributed by atoms with Gasteiger partial charge in [-0.2, -0.15) is 0 Å². The van der Waals surface area contributed by atoms with Crippen LogP contribution in [-0.2, 0) is 4.74 Å². The number of hydrogen-bond acceptors (Lipinski definition) is 1. The third kappa shape index (κ3) is 2.37. The predicted molar refractivity (Wildman–Crippen MR) is 45.1 cm³/mol. The maximum Gasteiger partial charge on any atom is 0.225 e. The van der Waals surface area contributed by atoms with Crippen molar-refractivity contribution >= 4 is 0 Å². The van der Waals surface area contributed by atoms with Crippen LogP contribution in [0.1, 0.15) is 11.9 Å². The molecule has 62 valence electrons. The van der Waals surface area contributed by atoms with Crippen LogP contribution in [0, 0.1) is 12.3 Å². The van der Waals surface area contributed by atoms with Gasteiger partial charge < -0.3 is 4.74 Å². The normalized spacial score (nSPS) is 12.0. The maximum absolute atomic E-state index is 13.0. The first-order valence-electron chi connectivity index (χ1n) is 3.58. The highest BCUT2D eigenvalue weighted by atomic mass is 19.1. The van der Waals surface area contributed by atoms with Crippen LogP contribution in [-0.4, -0.2) is 6.61 Å². The van der Waals surface area contributed by atoms with Gasteiger partial charge in [-0.25, -0.2) is 4.39 Å². The van der Waals surface area contributed by atoms with Crippen molar-refractivity contribution in [3.63, 3.8) is 0 Å². The zero-order valence-electron chi connectivity index (χ0n) is 6.53. The van der Waals surface area contributed by atoms with E-state index in [4.69, 9.17) is 6.42 Å². The van der Waals surface area contributed by atoms with E-state index in [0.717, 1.165) is 0 Å².